The second-order valence-electron chi connectivity index (χ2n) is 3.42. The number of benzene rings is 1. The maximum Gasteiger partial charge on any atom is 0.233 e. The lowest BCUT2D eigenvalue weighted by Gasteiger charge is -2.08. The van der Waals surface area contributed by atoms with Crippen molar-refractivity contribution in [1.29, 1.82) is 0 Å². The molecule has 5 heteroatoms. The molecule has 0 aliphatic carbocycles. The molecule has 0 radical (unpaired) electrons. The van der Waals surface area contributed by atoms with Gasteiger partial charge in [0.15, 0.2) is 0 Å². The van der Waals surface area contributed by atoms with Crippen molar-refractivity contribution in [2.24, 2.45) is 7.05 Å². The number of anilines is 1. The molecule has 2 N–H and O–H groups in total. The molecular weight excluding hydrogens is 317 g/mol. The molecule has 0 saturated heterocycles. The first-order chi connectivity index (χ1) is 7.66. The summed E-state index contributed by atoms with van der Waals surface area (Å²) in [5.74, 6) is 0.613. The van der Waals surface area contributed by atoms with E-state index in [0.717, 1.165) is 14.8 Å². The molecule has 0 spiro atoms. The SMILES string of the molecule is Cn1ccc(OCc2c(N)cccc2I)n1. The summed E-state index contributed by atoms with van der Waals surface area (Å²) < 4.78 is 8.37. The Hall–Kier alpha value is -1.24. The second kappa shape index (κ2) is 4.73. The van der Waals surface area contributed by atoms with Gasteiger partial charge in [0.25, 0.3) is 0 Å². The van der Waals surface area contributed by atoms with E-state index in [1.165, 1.54) is 0 Å². The summed E-state index contributed by atoms with van der Waals surface area (Å²) in [5, 5.41) is 4.14. The number of nitrogens with two attached hydrogens (primary N) is 1. The summed E-state index contributed by atoms with van der Waals surface area (Å²) in [5.41, 5.74) is 7.64. The number of rotatable bonds is 3. The van der Waals surface area contributed by atoms with Crippen molar-refractivity contribution in [2.75, 3.05) is 5.73 Å². The van der Waals surface area contributed by atoms with Crippen molar-refractivity contribution in [3.8, 4) is 5.88 Å². The second-order valence-corrected chi connectivity index (χ2v) is 4.59. The highest BCUT2D eigenvalue weighted by atomic mass is 127. The molecule has 0 amide bonds. The highest BCUT2D eigenvalue weighted by Gasteiger charge is 2.05. The molecule has 0 unspecified atom stereocenters. The van der Waals surface area contributed by atoms with Gasteiger partial charge in [0.1, 0.15) is 6.61 Å². The van der Waals surface area contributed by atoms with Crippen molar-refractivity contribution in [2.45, 2.75) is 6.61 Å². The molecule has 1 aromatic carbocycles. The van der Waals surface area contributed by atoms with Gasteiger partial charge in [0.2, 0.25) is 5.88 Å². The summed E-state index contributed by atoms with van der Waals surface area (Å²) in [6.07, 6.45) is 1.84. The molecule has 16 heavy (non-hydrogen) atoms. The molecule has 2 aromatic rings. The third-order valence-electron chi connectivity index (χ3n) is 2.21. The molecule has 0 atom stereocenters. The van der Waals surface area contributed by atoms with Crippen LogP contribution in [0.25, 0.3) is 0 Å². The number of nitrogen functional groups attached to an aromatic ring is 1. The number of nitrogens with zero attached hydrogens (tertiary/aromatic N) is 2. The number of hydrogen-bond donors (Lipinski definition) is 1. The lowest BCUT2D eigenvalue weighted by Crippen LogP contribution is -2.03. The fourth-order valence-corrected chi connectivity index (χ4v) is 2.02. The lowest BCUT2D eigenvalue weighted by molar-refractivity contribution is 0.290. The van der Waals surface area contributed by atoms with Crippen LogP contribution in [0, 0.1) is 3.57 Å². The molecule has 1 heterocycles. The van der Waals surface area contributed by atoms with Crippen molar-refractivity contribution < 1.29 is 4.74 Å². The molecule has 4 nitrogen and oxygen atoms in total. The number of aromatic nitrogens is 2. The summed E-state index contributed by atoms with van der Waals surface area (Å²) >= 11 is 2.25. The van der Waals surface area contributed by atoms with Crippen LogP contribution in [0.1, 0.15) is 5.56 Å². The van der Waals surface area contributed by atoms with Crippen LogP contribution in [0.3, 0.4) is 0 Å². The molecule has 2 rings (SSSR count). The van der Waals surface area contributed by atoms with Crippen LogP contribution in [-0.2, 0) is 13.7 Å². The Morgan fingerprint density at radius 1 is 1.44 bits per heavy atom. The molecular formula is C11H12IN3O. The third kappa shape index (κ3) is 2.46. The van der Waals surface area contributed by atoms with E-state index in [2.05, 4.69) is 27.7 Å². The van der Waals surface area contributed by atoms with Crippen LogP contribution < -0.4 is 10.5 Å². The normalized spacial score (nSPS) is 10.4. The van der Waals surface area contributed by atoms with E-state index in [1.807, 2.05) is 37.5 Å². The van der Waals surface area contributed by atoms with Crippen LogP contribution in [0.5, 0.6) is 5.88 Å². The third-order valence-corrected chi connectivity index (χ3v) is 3.22. The van der Waals surface area contributed by atoms with Crippen molar-refractivity contribution in [1.82, 2.24) is 9.78 Å². The topological polar surface area (TPSA) is 53.1 Å². The largest absolute Gasteiger partial charge is 0.472 e. The van der Waals surface area contributed by atoms with E-state index in [1.54, 1.807) is 4.68 Å². The van der Waals surface area contributed by atoms with E-state index in [0.29, 0.717) is 12.5 Å². The lowest BCUT2D eigenvalue weighted by atomic mass is 10.2. The van der Waals surface area contributed by atoms with Gasteiger partial charge in [-0.25, -0.2) is 0 Å². The van der Waals surface area contributed by atoms with E-state index in [-0.39, 0.29) is 0 Å². The maximum absolute atomic E-state index is 5.88. The smallest absolute Gasteiger partial charge is 0.233 e. The summed E-state index contributed by atoms with van der Waals surface area (Å²) in [6.45, 7) is 0.446. The zero-order chi connectivity index (χ0) is 11.5. The number of aryl methyl sites for hydroxylation is 1. The Labute approximate surface area is 108 Å². The minimum Gasteiger partial charge on any atom is -0.472 e. The summed E-state index contributed by atoms with van der Waals surface area (Å²) in [4.78, 5) is 0. The van der Waals surface area contributed by atoms with Gasteiger partial charge in [0.05, 0.1) is 0 Å². The van der Waals surface area contributed by atoms with Gasteiger partial charge in [-0.1, -0.05) is 6.07 Å². The number of halogens is 1. The Bertz CT molecular complexity index is 475. The molecule has 0 fully saturated rings. The molecule has 1 aromatic heterocycles. The predicted molar refractivity (Wildman–Crippen MR) is 71.1 cm³/mol. The van der Waals surface area contributed by atoms with Gasteiger partial charge >= 0.3 is 0 Å². The predicted octanol–water partition coefficient (Wildman–Crippen LogP) is 2.19. The first-order valence-electron chi connectivity index (χ1n) is 4.82. The zero-order valence-corrected chi connectivity index (χ0v) is 11.0. The monoisotopic (exact) mass is 329 g/mol. The molecule has 0 saturated carbocycles. The quantitative estimate of drug-likeness (QED) is 0.694. The highest BCUT2D eigenvalue weighted by Crippen LogP contribution is 2.20. The van der Waals surface area contributed by atoms with Gasteiger partial charge in [-0.05, 0) is 34.7 Å². The highest BCUT2D eigenvalue weighted by molar-refractivity contribution is 14.1. The van der Waals surface area contributed by atoms with E-state index < -0.39 is 0 Å². The van der Waals surface area contributed by atoms with Crippen molar-refractivity contribution in [3.05, 3.63) is 39.6 Å². The van der Waals surface area contributed by atoms with Gasteiger partial charge in [-0.3, -0.25) is 4.68 Å². The Morgan fingerprint density at radius 3 is 2.88 bits per heavy atom. The molecule has 0 bridgehead atoms. The fourth-order valence-electron chi connectivity index (χ4n) is 1.34. The van der Waals surface area contributed by atoms with Crippen LogP contribution in [0.4, 0.5) is 5.69 Å². The molecule has 0 aliphatic rings. The van der Waals surface area contributed by atoms with E-state index in [4.69, 9.17) is 10.5 Å². The first-order valence-corrected chi connectivity index (χ1v) is 5.90. The van der Waals surface area contributed by atoms with E-state index in [9.17, 15) is 0 Å². The van der Waals surface area contributed by atoms with Gasteiger partial charge in [-0.15, -0.1) is 5.10 Å². The van der Waals surface area contributed by atoms with Crippen LogP contribution >= 0.6 is 22.6 Å². The summed E-state index contributed by atoms with van der Waals surface area (Å²) in [7, 11) is 1.85. The minimum absolute atomic E-state index is 0.446. The Kier molecular flexibility index (Phi) is 3.33. The number of hydrogen-bond acceptors (Lipinski definition) is 3. The minimum atomic E-state index is 0.446. The van der Waals surface area contributed by atoms with Crippen LogP contribution in [0.15, 0.2) is 30.5 Å². The standard InChI is InChI=1S/C11H12IN3O/c1-15-6-5-11(14-15)16-7-8-9(12)3-2-4-10(8)13/h2-6H,7,13H2,1H3. The average Bonchev–Trinajstić information content (AvgIpc) is 2.63. The Balaban J connectivity index is 2.10. The fraction of sp³-hybridized carbons (Fsp3) is 0.182. The average molecular weight is 329 g/mol. The summed E-state index contributed by atoms with van der Waals surface area (Å²) in [6, 6.07) is 7.64. The Morgan fingerprint density at radius 2 is 2.25 bits per heavy atom. The molecule has 84 valence electrons. The van der Waals surface area contributed by atoms with E-state index >= 15 is 0 Å². The zero-order valence-electron chi connectivity index (χ0n) is 8.85. The van der Waals surface area contributed by atoms with Gasteiger partial charge in [-0.2, -0.15) is 0 Å². The van der Waals surface area contributed by atoms with Crippen LogP contribution in [-0.4, -0.2) is 9.78 Å². The molecule has 0 aliphatic heterocycles. The van der Waals surface area contributed by atoms with Crippen molar-refractivity contribution >= 4 is 28.3 Å². The van der Waals surface area contributed by atoms with Gasteiger partial charge in [0, 0.05) is 34.1 Å². The van der Waals surface area contributed by atoms with Crippen molar-refractivity contribution in [3.63, 3.8) is 0 Å². The van der Waals surface area contributed by atoms with Crippen LogP contribution in [0.2, 0.25) is 0 Å². The first kappa shape index (κ1) is 11.3. The number of ether oxygens (including phenoxy) is 1. The maximum atomic E-state index is 5.88. The van der Waals surface area contributed by atoms with Gasteiger partial charge < -0.3 is 10.5 Å².